The van der Waals surface area contributed by atoms with Crippen LogP contribution in [0.5, 0.6) is 5.75 Å². The monoisotopic (exact) mass is 311 g/mol. The molecule has 1 unspecified atom stereocenters. The number of amides is 1. The fourth-order valence-electron chi connectivity index (χ4n) is 2.93. The van der Waals surface area contributed by atoms with E-state index in [1.807, 2.05) is 12.1 Å². The molecule has 96 valence electrons. The van der Waals surface area contributed by atoms with Crippen molar-refractivity contribution in [2.24, 2.45) is 5.92 Å². The highest BCUT2D eigenvalue weighted by Gasteiger charge is 2.38. The van der Waals surface area contributed by atoms with Crippen molar-refractivity contribution < 1.29 is 14.6 Å². The zero-order valence-corrected chi connectivity index (χ0v) is 11.4. The van der Waals surface area contributed by atoms with Gasteiger partial charge in [-0.05, 0) is 30.5 Å². The summed E-state index contributed by atoms with van der Waals surface area (Å²) < 4.78 is 6.76. The van der Waals surface area contributed by atoms with Crippen LogP contribution in [0.3, 0.4) is 0 Å². The summed E-state index contributed by atoms with van der Waals surface area (Å²) in [6.45, 7) is 1.87. The lowest BCUT2D eigenvalue weighted by Gasteiger charge is -2.16. The largest absolute Gasteiger partial charge is 0.493 e. The molecule has 1 amide bonds. The molecule has 2 aliphatic heterocycles. The maximum atomic E-state index is 11.1. The summed E-state index contributed by atoms with van der Waals surface area (Å²) in [5, 5.41) is 9.12. The molecule has 4 nitrogen and oxygen atoms in total. The van der Waals surface area contributed by atoms with Crippen LogP contribution >= 0.6 is 15.9 Å². The Morgan fingerprint density at radius 1 is 1.44 bits per heavy atom. The van der Waals surface area contributed by atoms with Gasteiger partial charge in [0.25, 0.3) is 0 Å². The molecule has 5 heteroatoms. The van der Waals surface area contributed by atoms with Crippen LogP contribution in [0.25, 0.3) is 0 Å². The van der Waals surface area contributed by atoms with E-state index in [9.17, 15) is 4.79 Å². The minimum Gasteiger partial charge on any atom is -0.493 e. The summed E-state index contributed by atoms with van der Waals surface area (Å²) in [6, 6.07) is 5.98. The lowest BCUT2D eigenvalue weighted by atomic mass is 9.87. The van der Waals surface area contributed by atoms with E-state index in [0.717, 1.165) is 22.2 Å². The van der Waals surface area contributed by atoms with E-state index in [-0.39, 0.29) is 5.92 Å². The van der Waals surface area contributed by atoms with E-state index >= 15 is 0 Å². The van der Waals surface area contributed by atoms with Crippen molar-refractivity contribution in [3.63, 3.8) is 0 Å². The van der Waals surface area contributed by atoms with Gasteiger partial charge < -0.3 is 14.7 Å². The second-order valence-electron chi connectivity index (χ2n) is 4.87. The Kier molecular flexibility index (Phi) is 2.93. The normalized spacial score (nSPS) is 25.9. The van der Waals surface area contributed by atoms with Crippen LogP contribution in [0.15, 0.2) is 22.7 Å². The third kappa shape index (κ3) is 1.96. The molecule has 1 N–H and O–H groups in total. The number of fused-ring (bicyclic) bond motifs is 3. The van der Waals surface area contributed by atoms with E-state index < -0.39 is 6.09 Å². The maximum Gasteiger partial charge on any atom is 0.407 e. The second-order valence-corrected chi connectivity index (χ2v) is 5.79. The lowest BCUT2D eigenvalue weighted by molar-refractivity contribution is 0.152. The number of hydrogen-bond acceptors (Lipinski definition) is 2. The van der Waals surface area contributed by atoms with Crippen LogP contribution in [0.1, 0.15) is 17.9 Å². The second kappa shape index (κ2) is 4.46. The summed E-state index contributed by atoms with van der Waals surface area (Å²) in [5.41, 5.74) is 1.13. The molecule has 0 saturated carbocycles. The Morgan fingerprint density at radius 2 is 2.28 bits per heavy atom. The highest BCUT2D eigenvalue weighted by atomic mass is 79.9. The summed E-state index contributed by atoms with van der Waals surface area (Å²) >= 11 is 3.47. The quantitative estimate of drug-likeness (QED) is 0.801. The molecule has 1 fully saturated rings. The first-order valence-electron chi connectivity index (χ1n) is 6.05. The van der Waals surface area contributed by atoms with Crippen molar-refractivity contribution in [2.75, 3.05) is 19.7 Å². The SMILES string of the molecule is O=C(O)N1CC2CCOc3ccc(Br)cc3[C@H]2C1. The Balaban J connectivity index is 1.97. The number of halogens is 1. The van der Waals surface area contributed by atoms with Gasteiger partial charge >= 0.3 is 6.09 Å². The summed E-state index contributed by atoms with van der Waals surface area (Å²) in [7, 11) is 0. The molecule has 2 atom stereocenters. The predicted octanol–water partition coefficient (Wildman–Crippen LogP) is 2.93. The zero-order valence-electron chi connectivity index (χ0n) is 9.80. The molecule has 18 heavy (non-hydrogen) atoms. The highest BCUT2D eigenvalue weighted by Crippen LogP contribution is 2.42. The van der Waals surface area contributed by atoms with Gasteiger partial charge in [-0.15, -0.1) is 0 Å². The number of likely N-dealkylation sites (tertiary alicyclic amines) is 1. The first kappa shape index (κ1) is 11.8. The standard InChI is InChI=1S/C13H14BrNO3/c14-9-1-2-12-10(5-9)11-7-15(13(16)17)6-8(11)3-4-18-12/h1-2,5,8,11H,3-4,6-7H2,(H,16,17)/t8?,11-/m0/s1. The van der Waals surface area contributed by atoms with Gasteiger partial charge in [-0.1, -0.05) is 15.9 Å². The number of nitrogens with zero attached hydrogens (tertiary/aromatic N) is 1. The Hall–Kier alpha value is -1.23. The highest BCUT2D eigenvalue weighted by molar-refractivity contribution is 9.10. The summed E-state index contributed by atoms with van der Waals surface area (Å²) in [6.07, 6.45) is 0.0985. The number of hydrogen-bond donors (Lipinski definition) is 1. The first-order chi connectivity index (χ1) is 8.65. The van der Waals surface area contributed by atoms with Crippen LogP contribution in [0.4, 0.5) is 4.79 Å². The Bertz CT molecular complexity index is 491. The first-order valence-corrected chi connectivity index (χ1v) is 6.84. The minimum absolute atomic E-state index is 0.260. The van der Waals surface area contributed by atoms with Crippen LogP contribution in [-0.2, 0) is 0 Å². The molecule has 0 aliphatic carbocycles. The van der Waals surface area contributed by atoms with E-state index in [0.29, 0.717) is 25.6 Å². The van der Waals surface area contributed by atoms with Crippen LogP contribution in [-0.4, -0.2) is 35.8 Å². The van der Waals surface area contributed by atoms with Crippen LogP contribution in [0, 0.1) is 5.92 Å². The molecule has 0 aromatic heterocycles. The number of carboxylic acid groups (broad SMARTS) is 1. The molecule has 0 radical (unpaired) electrons. The van der Waals surface area contributed by atoms with Crippen molar-refractivity contribution in [3.8, 4) is 5.75 Å². The Labute approximate surface area is 114 Å². The third-order valence-corrected chi connectivity index (χ3v) is 4.32. The molecule has 0 bridgehead atoms. The van der Waals surface area contributed by atoms with Gasteiger partial charge in [0.1, 0.15) is 5.75 Å². The molecule has 1 aromatic carbocycles. The van der Waals surface area contributed by atoms with Gasteiger partial charge in [-0.3, -0.25) is 0 Å². The number of rotatable bonds is 0. The molecule has 2 aliphatic rings. The Morgan fingerprint density at radius 3 is 3.06 bits per heavy atom. The summed E-state index contributed by atoms with van der Waals surface area (Å²) in [5.74, 6) is 1.53. The molecule has 1 saturated heterocycles. The van der Waals surface area contributed by atoms with Crippen molar-refractivity contribution in [1.29, 1.82) is 0 Å². The van der Waals surface area contributed by atoms with E-state index in [1.54, 1.807) is 0 Å². The lowest BCUT2D eigenvalue weighted by Crippen LogP contribution is -2.27. The summed E-state index contributed by atoms with van der Waals surface area (Å²) in [4.78, 5) is 12.6. The van der Waals surface area contributed by atoms with Crippen molar-refractivity contribution in [1.82, 2.24) is 4.90 Å². The van der Waals surface area contributed by atoms with E-state index in [4.69, 9.17) is 9.84 Å². The smallest absolute Gasteiger partial charge is 0.407 e. The molecule has 0 spiro atoms. The van der Waals surface area contributed by atoms with Crippen LogP contribution < -0.4 is 4.74 Å². The van der Waals surface area contributed by atoms with Crippen molar-refractivity contribution >= 4 is 22.0 Å². The number of ether oxygens (including phenoxy) is 1. The molecular formula is C13H14BrNO3. The van der Waals surface area contributed by atoms with Gasteiger partial charge in [0.05, 0.1) is 6.61 Å². The van der Waals surface area contributed by atoms with Crippen LogP contribution in [0.2, 0.25) is 0 Å². The van der Waals surface area contributed by atoms with Gasteiger partial charge in [0.15, 0.2) is 0 Å². The molecule has 2 heterocycles. The van der Waals surface area contributed by atoms with Gasteiger partial charge in [0, 0.05) is 29.0 Å². The van der Waals surface area contributed by atoms with E-state index in [1.165, 1.54) is 4.90 Å². The minimum atomic E-state index is -0.819. The average molecular weight is 312 g/mol. The third-order valence-electron chi connectivity index (χ3n) is 3.83. The molecular weight excluding hydrogens is 298 g/mol. The number of benzene rings is 1. The fraction of sp³-hybridized carbons (Fsp3) is 0.462. The zero-order chi connectivity index (χ0) is 12.7. The topological polar surface area (TPSA) is 49.8 Å². The predicted molar refractivity (Wildman–Crippen MR) is 70.1 cm³/mol. The average Bonchev–Trinajstić information content (AvgIpc) is 2.68. The van der Waals surface area contributed by atoms with E-state index in [2.05, 4.69) is 22.0 Å². The van der Waals surface area contributed by atoms with Gasteiger partial charge in [0.2, 0.25) is 0 Å². The molecule has 1 aromatic rings. The maximum absolute atomic E-state index is 11.1. The van der Waals surface area contributed by atoms with Gasteiger partial charge in [-0.2, -0.15) is 0 Å². The van der Waals surface area contributed by atoms with Gasteiger partial charge in [-0.25, -0.2) is 4.79 Å². The number of carbonyl (C=O) groups is 1. The fourth-order valence-corrected chi connectivity index (χ4v) is 3.31. The van der Waals surface area contributed by atoms with Crippen molar-refractivity contribution in [2.45, 2.75) is 12.3 Å². The van der Waals surface area contributed by atoms with Crippen molar-refractivity contribution in [3.05, 3.63) is 28.2 Å². The molecule has 3 rings (SSSR count).